The average molecular weight is 445 g/mol. The number of thiophene rings is 2. The van der Waals surface area contributed by atoms with Crippen LogP contribution >= 0.6 is 34.4 Å². The standard InChI is InChI=1S/C20H20N4O2S3/c1-3-24-19(25)15-12-7-4-5-8-13(12)29-18(15)21-20(24)28-11(2)16-22-23-17(26-16)14-9-6-10-27-14/h6,9-11H,3-5,7-8H2,1-2H3. The fourth-order valence-corrected chi connectivity index (χ4v) is 6.65. The molecule has 6 nitrogen and oxygen atoms in total. The molecule has 29 heavy (non-hydrogen) atoms. The molecule has 0 bridgehead atoms. The van der Waals surface area contributed by atoms with Crippen LogP contribution < -0.4 is 5.56 Å². The highest BCUT2D eigenvalue weighted by atomic mass is 32.2. The van der Waals surface area contributed by atoms with Crippen molar-refractivity contribution in [3.8, 4) is 10.8 Å². The maximum atomic E-state index is 13.3. The number of thioether (sulfide) groups is 1. The molecule has 0 fully saturated rings. The van der Waals surface area contributed by atoms with E-state index in [1.807, 2.05) is 31.4 Å². The van der Waals surface area contributed by atoms with Crippen molar-refractivity contribution in [2.24, 2.45) is 0 Å². The summed E-state index contributed by atoms with van der Waals surface area (Å²) in [7, 11) is 0. The van der Waals surface area contributed by atoms with Gasteiger partial charge in [-0.25, -0.2) is 4.98 Å². The zero-order valence-corrected chi connectivity index (χ0v) is 18.6. The van der Waals surface area contributed by atoms with Crippen molar-refractivity contribution in [1.29, 1.82) is 0 Å². The molecule has 0 N–H and O–H groups in total. The fourth-order valence-electron chi connectivity index (χ4n) is 3.70. The molecule has 0 amide bonds. The van der Waals surface area contributed by atoms with Gasteiger partial charge in [0.05, 0.1) is 15.5 Å². The van der Waals surface area contributed by atoms with Gasteiger partial charge in [-0.3, -0.25) is 9.36 Å². The first-order chi connectivity index (χ1) is 14.2. The molecular formula is C20H20N4O2S3. The van der Waals surface area contributed by atoms with Crippen LogP contribution in [0, 0.1) is 0 Å². The molecule has 0 radical (unpaired) electrons. The molecule has 0 aromatic carbocycles. The Labute approximate surface area is 180 Å². The summed E-state index contributed by atoms with van der Waals surface area (Å²) in [6.07, 6.45) is 4.41. The maximum Gasteiger partial charge on any atom is 0.263 e. The van der Waals surface area contributed by atoms with Crippen molar-refractivity contribution >= 4 is 44.7 Å². The zero-order valence-electron chi connectivity index (χ0n) is 16.2. The van der Waals surface area contributed by atoms with Gasteiger partial charge >= 0.3 is 0 Å². The van der Waals surface area contributed by atoms with Crippen LogP contribution in [-0.4, -0.2) is 19.7 Å². The number of fused-ring (bicyclic) bond motifs is 3. The number of aryl methyl sites for hydroxylation is 2. The highest BCUT2D eigenvalue weighted by Gasteiger charge is 2.24. The Kier molecular flexibility index (Phi) is 5.05. The Morgan fingerprint density at radius 1 is 1.31 bits per heavy atom. The Balaban J connectivity index is 1.50. The normalized spacial score (nSPS) is 15.0. The summed E-state index contributed by atoms with van der Waals surface area (Å²) in [5.41, 5.74) is 1.31. The molecule has 1 aliphatic carbocycles. The lowest BCUT2D eigenvalue weighted by atomic mass is 9.97. The first-order valence-corrected chi connectivity index (χ1v) is 12.3. The molecule has 1 aliphatic rings. The molecule has 5 rings (SSSR count). The van der Waals surface area contributed by atoms with E-state index in [-0.39, 0.29) is 10.8 Å². The summed E-state index contributed by atoms with van der Waals surface area (Å²) in [6, 6.07) is 3.92. The third-order valence-corrected chi connectivity index (χ3v) is 8.28. The van der Waals surface area contributed by atoms with E-state index in [1.54, 1.807) is 27.2 Å². The fraction of sp³-hybridized carbons (Fsp3) is 0.400. The van der Waals surface area contributed by atoms with E-state index in [9.17, 15) is 4.79 Å². The predicted molar refractivity (Wildman–Crippen MR) is 118 cm³/mol. The first kappa shape index (κ1) is 19.0. The van der Waals surface area contributed by atoms with Crippen LogP contribution in [0.2, 0.25) is 0 Å². The number of aromatic nitrogens is 4. The van der Waals surface area contributed by atoms with E-state index in [1.165, 1.54) is 28.6 Å². The van der Waals surface area contributed by atoms with E-state index < -0.39 is 0 Å². The summed E-state index contributed by atoms with van der Waals surface area (Å²) in [5.74, 6) is 1.07. The molecule has 0 aliphatic heterocycles. The molecular weight excluding hydrogens is 424 g/mol. The van der Waals surface area contributed by atoms with Gasteiger partial charge in [0.25, 0.3) is 11.4 Å². The Morgan fingerprint density at radius 3 is 2.97 bits per heavy atom. The van der Waals surface area contributed by atoms with Crippen LogP contribution in [0.15, 0.2) is 31.9 Å². The molecule has 9 heteroatoms. The second-order valence-electron chi connectivity index (χ2n) is 7.02. The molecule has 4 aromatic rings. The van der Waals surface area contributed by atoms with Gasteiger partial charge in [-0.15, -0.1) is 32.9 Å². The predicted octanol–water partition coefficient (Wildman–Crippen LogP) is 5.32. The highest BCUT2D eigenvalue weighted by molar-refractivity contribution is 7.99. The maximum absolute atomic E-state index is 13.3. The summed E-state index contributed by atoms with van der Waals surface area (Å²) < 4.78 is 7.65. The van der Waals surface area contributed by atoms with Crippen LogP contribution in [0.25, 0.3) is 21.0 Å². The highest BCUT2D eigenvalue weighted by Crippen LogP contribution is 2.38. The summed E-state index contributed by atoms with van der Waals surface area (Å²) >= 11 is 4.75. The molecule has 1 unspecified atom stereocenters. The van der Waals surface area contributed by atoms with Crippen molar-refractivity contribution in [3.05, 3.63) is 44.2 Å². The van der Waals surface area contributed by atoms with Crippen LogP contribution in [-0.2, 0) is 19.4 Å². The summed E-state index contributed by atoms with van der Waals surface area (Å²) in [6.45, 7) is 4.59. The summed E-state index contributed by atoms with van der Waals surface area (Å²) in [4.78, 5) is 21.3. The second-order valence-corrected chi connectivity index (χ2v) is 10.4. The van der Waals surface area contributed by atoms with Gasteiger partial charge in [0.1, 0.15) is 4.83 Å². The lowest BCUT2D eigenvalue weighted by Gasteiger charge is -2.13. The largest absolute Gasteiger partial charge is 0.419 e. The molecule has 0 spiro atoms. The van der Waals surface area contributed by atoms with Crippen LogP contribution in [0.4, 0.5) is 0 Å². The quantitative estimate of drug-likeness (QED) is 0.306. The Bertz CT molecular complexity index is 1220. The van der Waals surface area contributed by atoms with Crippen LogP contribution in [0.1, 0.15) is 48.3 Å². The smallest absolute Gasteiger partial charge is 0.263 e. The molecule has 150 valence electrons. The molecule has 4 heterocycles. The van der Waals surface area contributed by atoms with Gasteiger partial charge in [-0.05, 0) is 56.5 Å². The lowest BCUT2D eigenvalue weighted by molar-refractivity contribution is 0.509. The molecule has 0 saturated carbocycles. The number of hydrogen-bond donors (Lipinski definition) is 0. The number of rotatable bonds is 5. The minimum atomic E-state index is -0.104. The van der Waals surface area contributed by atoms with Crippen molar-refractivity contribution in [1.82, 2.24) is 19.7 Å². The minimum Gasteiger partial charge on any atom is -0.419 e. The van der Waals surface area contributed by atoms with Crippen molar-refractivity contribution in [3.63, 3.8) is 0 Å². The van der Waals surface area contributed by atoms with Gasteiger partial charge in [-0.2, -0.15) is 0 Å². The average Bonchev–Trinajstić information content (AvgIpc) is 3.46. The minimum absolute atomic E-state index is 0.0800. The third kappa shape index (κ3) is 3.35. The van der Waals surface area contributed by atoms with Crippen molar-refractivity contribution in [2.75, 3.05) is 0 Å². The van der Waals surface area contributed by atoms with Crippen molar-refractivity contribution < 1.29 is 4.42 Å². The van der Waals surface area contributed by atoms with Gasteiger partial charge in [-0.1, -0.05) is 17.8 Å². The Morgan fingerprint density at radius 2 is 2.17 bits per heavy atom. The van der Waals surface area contributed by atoms with Crippen LogP contribution in [0.3, 0.4) is 0 Å². The second kappa shape index (κ2) is 7.70. The number of nitrogens with zero attached hydrogens (tertiary/aromatic N) is 4. The van der Waals surface area contributed by atoms with Gasteiger partial charge < -0.3 is 4.42 Å². The van der Waals surface area contributed by atoms with E-state index in [4.69, 9.17) is 9.40 Å². The van der Waals surface area contributed by atoms with E-state index in [2.05, 4.69) is 10.2 Å². The topological polar surface area (TPSA) is 73.8 Å². The first-order valence-electron chi connectivity index (χ1n) is 9.74. The van der Waals surface area contributed by atoms with Gasteiger partial charge in [0.2, 0.25) is 5.89 Å². The van der Waals surface area contributed by atoms with Crippen LogP contribution in [0.5, 0.6) is 0 Å². The zero-order chi connectivity index (χ0) is 20.0. The molecule has 1 atom stereocenters. The molecule has 4 aromatic heterocycles. The SMILES string of the molecule is CCn1c(SC(C)c2nnc(-c3cccs3)o2)nc2sc3c(c2c1=O)CCCC3. The van der Waals surface area contributed by atoms with E-state index in [0.29, 0.717) is 23.5 Å². The monoisotopic (exact) mass is 444 g/mol. The lowest BCUT2D eigenvalue weighted by Crippen LogP contribution is -2.23. The van der Waals surface area contributed by atoms with E-state index >= 15 is 0 Å². The number of hydrogen-bond acceptors (Lipinski definition) is 8. The van der Waals surface area contributed by atoms with Gasteiger partial charge in [0.15, 0.2) is 5.16 Å². The summed E-state index contributed by atoms with van der Waals surface area (Å²) in [5, 5.41) is 11.8. The molecule has 0 saturated heterocycles. The van der Waals surface area contributed by atoms with Gasteiger partial charge in [0, 0.05) is 11.4 Å². The van der Waals surface area contributed by atoms with Crippen molar-refractivity contribution in [2.45, 2.75) is 56.5 Å². The third-order valence-electron chi connectivity index (χ3n) is 5.16. The van der Waals surface area contributed by atoms with E-state index in [0.717, 1.165) is 34.4 Å². The Hall–Kier alpha value is -1.97.